The molecule has 1 heterocycles. The Morgan fingerprint density at radius 1 is 1.12 bits per heavy atom. The molecule has 5 nitrogen and oxygen atoms in total. The van der Waals surface area contributed by atoms with Gasteiger partial charge in [0.05, 0.1) is 28.2 Å². The standard InChI is InChI=1S/C26H23BrN2O3S/c1-17(19-8-4-3-5-9-19)28-25(30)16-29-21-10-6-7-11-23(21)33-24(26(29)31)15-18-12-13-22(32-2)20(27)14-18/h3-15,17H,16H2,1-2H3,(H,28,30)/b24-15+/t17-/m1/s1. The molecule has 0 spiro atoms. The van der Waals surface area contributed by atoms with Crippen LogP contribution in [0.15, 0.2) is 87.1 Å². The third-order valence-electron chi connectivity index (χ3n) is 5.28. The van der Waals surface area contributed by atoms with E-state index in [0.717, 1.165) is 31.9 Å². The van der Waals surface area contributed by atoms with Crippen molar-refractivity contribution in [3.05, 3.63) is 93.3 Å². The second-order valence-electron chi connectivity index (χ2n) is 7.56. The van der Waals surface area contributed by atoms with Crippen molar-refractivity contribution in [1.82, 2.24) is 5.32 Å². The summed E-state index contributed by atoms with van der Waals surface area (Å²) in [6, 6.07) is 22.9. The largest absolute Gasteiger partial charge is 0.496 e. The SMILES string of the molecule is COc1ccc(/C=C2/Sc3ccccc3N(CC(=O)N[C@H](C)c3ccccc3)C2=O)cc1Br. The molecule has 0 aromatic heterocycles. The van der Waals surface area contributed by atoms with Crippen LogP contribution >= 0.6 is 27.7 Å². The maximum absolute atomic E-state index is 13.4. The van der Waals surface area contributed by atoms with Gasteiger partial charge in [0.2, 0.25) is 5.91 Å². The minimum absolute atomic E-state index is 0.0583. The molecule has 0 saturated carbocycles. The summed E-state index contributed by atoms with van der Waals surface area (Å²) < 4.78 is 6.09. The van der Waals surface area contributed by atoms with Crippen LogP contribution in [0.25, 0.3) is 6.08 Å². The van der Waals surface area contributed by atoms with Gasteiger partial charge in [0.25, 0.3) is 5.91 Å². The topological polar surface area (TPSA) is 58.6 Å². The fraction of sp³-hybridized carbons (Fsp3) is 0.154. The molecule has 33 heavy (non-hydrogen) atoms. The minimum Gasteiger partial charge on any atom is -0.496 e. The molecular formula is C26H23BrN2O3S. The molecule has 3 aromatic carbocycles. The molecule has 0 unspecified atom stereocenters. The van der Waals surface area contributed by atoms with Gasteiger partial charge in [0, 0.05) is 4.90 Å². The fourth-order valence-electron chi connectivity index (χ4n) is 3.60. The van der Waals surface area contributed by atoms with E-state index in [9.17, 15) is 9.59 Å². The molecule has 1 aliphatic rings. The molecule has 0 saturated heterocycles. The Labute approximate surface area is 206 Å². The Kier molecular flexibility index (Phi) is 7.20. The summed E-state index contributed by atoms with van der Waals surface area (Å²) in [6.45, 7) is 1.87. The van der Waals surface area contributed by atoms with E-state index in [2.05, 4.69) is 21.2 Å². The van der Waals surface area contributed by atoms with E-state index in [4.69, 9.17) is 4.74 Å². The number of rotatable bonds is 6. The van der Waals surface area contributed by atoms with Gasteiger partial charge in [-0.15, -0.1) is 0 Å². The summed E-state index contributed by atoms with van der Waals surface area (Å²) in [5.74, 6) is 0.303. The number of anilines is 1. The van der Waals surface area contributed by atoms with Crippen LogP contribution in [-0.2, 0) is 9.59 Å². The Morgan fingerprint density at radius 2 is 1.85 bits per heavy atom. The van der Waals surface area contributed by atoms with Crippen LogP contribution in [0.5, 0.6) is 5.75 Å². The number of hydrogen-bond acceptors (Lipinski definition) is 4. The maximum atomic E-state index is 13.4. The molecule has 0 bridgehead atoms. The van der Waals surface area contributed by atoms with Crippen LogP contribution in [-0.4, -0.2) is 25.5 Å². The van der Waals surface area contributed by atoms with Gasteiger partial charge in [-0.1, -0.05) is 60.3 Å². The summed E-state index contributed by atoms with van der Waals surface area (Å²) in [5, 5.41) is 3.00. The summed E-state index contributed by atoms with van der Waals surface area (Å²) in [6.07, 6.45) is 1.84. The number of fused-ring (bicyclic) bond motifs is 1. The molecule has 0 aliphatic carbocycles. The molecule has 0 fully saturated rings. The van der Waals surface area contributed by atoms with E-state index in [1.54, 1.807) is 12.0 Å². The van der Waals surface area contributed by atoms with Gasteiger partial charge in [0.1, 0.15) is 12.3 Å². The van der Waals surface area contributed by atoms with E-state index in [0.29, 0.717) is 4.91 Å². The van der Waals surface area contributed by atoms with Crippen molar-refractivity contribution in [3.63, 3.8) is 0 Å². The van der Waals surface area contributed by atoms with Crippen molar-refractivity contribution < 1.29 is 14.3 Å². The van der Waals surface area contributed by atoms with Gasteiger partial charge in [-0.25, -0.2) is 0 Å². The number of methoxy groups -OCH3 is 1. The highest BCUT2D eigenvalue weighted by atomic mass is 79.9. The van der Waals surface area contributed by atoms with E-state index < -0.39 is 0 Å². The van der Waals surface area contributed by atoms with E-state index in [1.165, 1.54) is 11.8 Å². The first kappa shape index (κ1) is 23.1. The number of amides is 2. The van der Waals surface area contributed by atoms with Crippen LogP contribution in [0.4, 0.5) is 5.69 Å². The van der Waals surface area contributed by atoms with Gasteiger partial charge in [-0.05, 0) is 64.3 Å². The van der Waals surface area contributed by atoms with Crippen molar-refractivity contribution in [3.8, 4) is 5.75 Å². The maximum Gasteiger partial charge on any atom is 0.265 e. The first-order valence-electron chi connectivity index (χ1n) is 10.4. The highest BCUT2D eigenvalue weighted by molar-refractivity contribution is 9.10. The Balaban J connectivity index is 1.58. The van der Waals surface area contributed by atoms with Crippen LogP contribution in [0, 0.1) is 0 Å². The quantitative estimate of drug-likeness (QED) is 0.414. The predicted octanol–water partition coefficient (Wildman–Crippen LogP) is 5.81. The van der Waals surface area contributed by atoms with Gasteiger partial charge in [-0.3, -0.25) is 14.5 Å². The molecule has 4 rings (SSSR count). The van der Waals surface area contributed by atoms with Gasteiger partial charge in [0.15, 0.2) is 0 Å². The molecular weight excluding hydrogens is 500 g/mol. The van der Waals surface area contributed by atoms with Crippen molar-refractivity contribution in [2.75, 3.05) is 18.6 Å². The van der Waals surface area contributed by atoms with E-state index in [1.807, 2.05) is 85.8 Å². The Morgan fingerprint density at radius 3 is 2.58 bits per heavy atom. The number of para-hydroxylation sites is 1. The number of nitrogens with zero attached hydrogens (tertiary/aromatic N) is 1. The minimum atomic E-state index is -0.215. The molecule has 0 radical (unpaired) electrons. The number of carbonyl (C=O) groups excluding carboxylic acids is 2. The lowest BCUT2D eigenvalue weighted by Crippen LogP contribution is -2.43. The molecule has 1 N–H and O–H groups in total. The average Bonchev–Trinajstić information content (AvgIpc) is 2.82. The van der Waals surface area contributed by atoms with Gasteiger partial charge >= 0.3 is 0 Å². The summed E-state index contributed by atoms with van der Waals surface area (Å²) in [4.78, 5) is 29.3. The second-order valence-corrected chi connectivity index (χ2v) is 9.50. The highest BCUT2D eigenvalue weighted by Crippen LogP contribution is 2.42. The zero-order valence-corrected chi connectivity index (χ0v) is 20.7. The third kappa shape index (κ3) is 5.31. The average molecular weight is 523 g/mol. The molecule has 1 atom stereocenters. The van der Waals surface area contributed by atoms with Crippen molar-refractivity contribution >= 4 is 51.3 Å². The third-order valence-corrected chi connectivity index (χ3v) is 6.98. The monoisotopic (exact) mass is 522 g/mol. The zero-order valence-electron chi connectivity index (χ0n) is 18.2. The molecule has 168 valence electrons. The second kappa shape index (κ2) is 10.3. The van der Waals surface area contributed by atoms with Gasteiger partial charge in [-0.2, -0.15) is 0 Å². The Bertz CT molecular complexity index is 1210. The number of ether oxygens (including phenoxy) is 1. The van der Waals surface area contributed by atoms with Gasteiger partial charge < -0.3 is 10.1 Å². The number of halogens is 1. The van der Waals surface area contributed by atoms with Crippen LogP contribution in [0.1, 0.15) is 24.1 Å². The van der Waals surface area contributed by atoms with Crippen LogP contribution in [0.2, 0.25) is 0 Å². The lowest BCUT2D eigenvalue weighted by atomic mass is 10.1. The molecule has 1 aliphatic heterocycles. The number of thioether (sulfide) groups is 1. The lowest BCUT2D eigenvalue weighted by Gasteiger charge is -2.30. The van der Waals surface area contributed by atoms with E-state index in [-0.39, 0.29) is 24.4 Å². The Hall–Kier alpha value is -3.03. The summed E-state index contributed by atoms with van der Waals surface area (Å²) in [7, 11) is 1.61. The summed E-state index contributed by atoms with van der Waals surface area (Å²) >= 11 is 4.90. The lowest BCUT2D eigenvalue weighted by molar-refractivity contribution is -0.122. The van der Waals surface area contributed by atoms with Crippen molar-refractivity contribution in [2.24, 2.45) is 0 Å². The van der Waals surface area contributed by atoms with Crippen molar-refractivity contribution in [1.29, 1.82) is 0 Å². The fourth-order valence-corrected chi connectivity index (χ4v) is 5.22. The number of benzene rings is 3. The number of nitrogens with one attached hydrogen (secondary N) is 1. The normalized spacial score (nSPS) is 15.2. The number of carbonyl (C=O) groups is 2. The first-order valence-corrected chi connectivity index (χ1v) is 12.1. The van der Waals surface area contributed by atoms with Crippen LogP contribution < -0.4 is 15.0 Å². The highest BCUT2D eigenvalue weighted by Gasteiger charge is 2.30. The zero-order chi connectivity index (χ0) is 23.4. The molecule has 2 amide bonds. The summed E-state index contributed by atoms with van der Waals surface area (Å²) in [5.41, 5.74) is 2.61. The number of hydrogen-bond donors (Lipinski definition) is 1. The smallest absolute Gasteiger partial charge is 0.265 e. The van der Waals surface area contributed by atoms with Crippen LogP contribution in [0.3, 0.4) is 0 Å². The first-order chi connectivity index (χ1) is 16.0. The van der Waals surface area contributed by atoms with E-state index >= 15 is 0 Å². The predicted molar refractivity (Wildman–Crippen MR) is 136 cm³/mol. The molecule has 7 heteroatoms. The molecule has 3 aromatic rings. The van der Waals surface area contributed by atoms with Crippen molar-refractivity contribution in [2.45, 2.75) is 17.9 Å².